The van der Waals surface area contributed by atoms with Gasteiger partial charge in [-0.15, -0.1) is 0 Å². The number of hydrogen-bond acceptors (Lipinski definition) is 11. The van der Waals surface area contributed by atoms with E-state index < -0.39 is 50.2 Å². The number of nitrogen functional groups attached to an aromatic ring is 1. The summed E-state index contributed by atoms with van der Waals surface area (Å²) in [5.74, 6) is -0.262. The van der Waals surface area contributed by atoms with Gasteiger partial charge in [0.05, 0.1) is 18.9 Å². The number of aliphatic hydroxyl groups excluding tert-OH is 2. The maximum atomic E-state index is 14.0. The van der Waals surface area contributed by atoms with Crippen LogP contribution in [0, 0.1) is 17.2 Å². The standard InChI is InChI=1S/C27H36N7O7P/c1-4-18(5-2)13-39-26(37)17(3)32-42(38,33-19-9-7-6-8-10-19)40-14-21-23(35)24(36)27(15-28,41-21)22-12-11-20-25(29)30-16-31-34(20)22/h6-12,16-18,21,23-24,35-36H,4-5,13-14H2,1-3H3,(H2,29,30,31)(H2,32,33,38)/t17-,21+,23+,24+,27-,42-/m0/s1. The Morgan fingerprint density at radius 3 is 2.64 bits per heavy atom. The monoisotopic (exact) mass is 601 g/mol. The van der Waals surface area contributed by atoms with Crippen molar-refractivity contribution in [2.45, 2.75) is 63.6 Å². The van der Waals surface area contributed by atoms with Crippen molar-refractivity contribution in [1.29, 1.82) is 5.26 Å². The van der Waals surface area contributed by atoms with Crippen molar-refractivity contribution < 1.29 is 33.6 Å². The van der Waals surface area contributed by atoms with Gasteiger partial charge in [-0.3, -0.25) is 9.32 Å². The number of nitrogens with zero attached hydrogens (tertiary/aromatic N) is 4. The second kappa shape index (κ2) is 13.2. The van der Waals surface area contributed by atoms with Gasteiger partial charge in [-0.1, -0.05) is 44.9 Å². The number of anilines is 2. The molecule has 1 aliphatic rings. The molecular formula is C27H36N7O7P. The third-order valence-electron chi connectivity index (χ3n) is 7.29. The fraction of sp³-hybridized carbons (Fsp3) is 0.481. The Morgan fingerprint density at radius 2 is 1.98 bits per heavy atom. The lowest BCUT2D eigenvalue weighted by Crippen LogP contribution is -2.41. The van der Waals surface area contributed by atoms with Gasteiger partial charge in [0.15, 0.2) is 5.82 Å². The number of carbonyl (C=O) groups is 1. The molecule has 6 atom stereocenters. The van der Waals surface area contributed by atoms with E-state index in [0.717, 1.165) is 12.8 Å². The van der Waals surface area contributed by atoms with Gasteiger partial charge < -0.3 is 30.5 Å². The molecule has 3 heterocycles. The molecular weight excluding hydrogens is 565 g/mol. The number of carbonyl (C=O) groups excluding carboxylic acids is 1. The summed E-state index contributed by atoms with van der Waals surface area (Å²) in [4.78, 5) is 16.6. The van der Waals surface area contributed by atoms with Gasteiger partial charge in [0.2, 0.25) is 5.60 Å². The van der Waals surface area contributed by atoms with Gasteiger partial charge in [0, 0.05) is 5.69 Å². The fourth-order valence-corrected chi connectivity index (χ4v) is 6.33. The summed E-state index contributed by atoms with van der Waals surface area (Å²) < 4.78 is 32.4. The van der Waals surface area contributed by atoms with Crippen molar-refractivity contribution in [3.05, 3.63) is 54.5 Å². The molecule has 1 fully saturated rings. The minimum absolute atomic E-state index is 0.112. The van der Waals surface area contributed by atoms with Gasteiger partial charge >= 0.3 is 13.6 Å². The molecule has 14 nitrogen and oxygen atoms in total. The smallest absolute Gasteiger partial charge is 0.366 e. The molecule has 0 unspecified atom stereocenters. The molecule has 3 aromatic rings. The molecule has 1 aliphatic heterocycles. The predicted molar refractivity (Wildman–Crippen MR) is 153 cm³/mol. The van der Waals surface area contributed by atoms with Crippen molar-refractivity contribution in [1.82, 2.24) is 19.7 Å². The molecule has 1 saturated heterocycles. The van der Waals surface area contributed by atoms with Crippen molar-refractivity contribution >= 4 is 30.7 Å². The van der Waals surface area contributed by atoms with Crippen LogP contribution in [-0.2, 0) is 29.0 Å². The molecule has 2 aromatic heterocycles. The van der Waals surface area contributed by atoms with E-state index in [4.69, 9.17) is 19.7 Å². The Labute approximate surface area is 243 Å². The first-order valence-electron chi connectivity index (χ1n) is 13.6. The summed E-state index contributed by atoms with van der Waals surface area (Å²) in [6.07, 6.45) is -1.75. The highest BCUT2D eigenvalue weighted by Gasteiger charge is 2.58. The Balaban J connectivity index is 1.53. The van der Waals surface area contributed by atoms with E-state index in [2.05, 4.69) is 20.3 Å². The Morgan fingerprint density at radius 1 is 1.26 bits per heavy atom. The van der Waals surface area contributed by atoms with E-state index in [-0.39, 0.29) is 24.0 Å². The third-order valence-corrected chi connectivity index (χ3v) is 9.08. The van der Waals surface area contributed by atoms with Gasteiger partial charge in [-0.05, 0) is 37.1 Å². The van der Waals surface area contributed by atoms with Crippen LogP contribution in [0.4, 0.5) is 11.5 Å². The molecule has 0 saturated carbocycles. The zero-order valence-corrected chi connectivity index (χ0v) is 24.5. The first kappa shape index (κ1) is 31.4. The van der Waals surface area contributed by atoms with Crippen LogP contribution in [0.2, 0.25) is 0 Å². The van der Waals surface area contributed by atoms with Gasteiger partial charge in [-0.2, -0.15) is 10.4 Å². The summed E-state index contributed by atoms with van der Waals surface area (Å²) in [5.41, 5.74) is 4.76. The normalized spacial score (nSPS) is 24.3. The third kappa shape index (κ3) is 6.42. The zero-order valence-electron chi connectivity index (χ0n) is 23.6. The number of esters is 1. The summed E-state index contributed by atoms with van der Waals surface area (Å²) in [6, 6.07) is 12.5. The summed E-state index contributed by atoms with van der Waals surface area (Å²) in [6.45, 7) is 5.22. The molecule has 15 heteroatoms. The predicted octanol–water partition coefficient (Wildman–Crippen LogP) is 2.35. The number of nitrogens with two attached hydrogens (primary N) is 1. The van der Waals surface area contributed by atoms with Crippen LogP contribution >= 0.6 is 7.67 Å². The number of nitrogens with one attached hydrogen (secondary N) is 2. The van der Waals surface area contributed by atoms with E-state index in [0.29, 0.717) is 11.2 Å². The number of rotatable bonds is 13. The lowest BCUT2D eigenvalue weighted by atomic mass is 9.92. The second-order valence-corrected chi connectivity index (χ2v) is 11.9. The second-order valence-electron chi connectivity index (χ2n) is 10.1. The Kier molecular flexibility index (Phi) is 9.83. The van der Waals surface area contributed by atoms with E-state index in [1.54, 1.807) is 36.4 Å². The van der Waals surface area contributed by atoms with Crippen molar-refractivity contribution in [2.75, 3.05) is 24.0 Å². The van der Waals surface area contributed by atoms with Crippen LogP contribution in [0.1, 0.15) is 39.3 Å². The highest BCUT2D eigenvalue weighted by molar-refractivity contribution is 7.58. The zero-order chi connectivity index (χ0) is 30.5. The molecule has 226 valence electrons. The van der Waals surface area contributed by atoms with Crippen LogP contribution in [0.5, 0.6) is 0 Å². The average Bonchev–Trinajstić information content (AvgIpc) is 3.53. The number of aliphatic hydroxyl groups is 2. The van der Waals surface area contributed by atoms with Gasteiger partial charge in [0.25, 0.3) is 0 Å². The quantitative estimate of drug-likeness (QED) is 0.141. The van der Waals surface area contributed by atoms with E-state index in [1.165, 1.54) is 23.8 Å². The Hall–Kier alpha value is -3.57. The van der Waals surface area contributed by atoms with Crippen LogP contribution in [0.15, 0.2) is 48.8 Å². The van der Waals surface area contributed by atoms with Crippen LogP contribution < -0.4 is 15.9 Å². The van der Waals surface area contributed by atoms with Gasteiger partial charge in [-0.25, -0.2) is 19.2 Å². The molecule has 0 radical (unpaired) electrons. The highest BCUT2D eigenvalue weighted by Crippen LogP contribution is 2.46. The number of benzene rings is 1. The molecule has 0 aliphatic carbocycles. The summed E-state index contributed by atoms with van der Waals surface area (Å²) in [5, 5.41) is 41.6. The van der Waals surface area contributed by atoms with Crippen LogP contribution in [0.25, 0.3) is 5.52 Å². The molecule has 0 amide bonds. The number of fused-ring (bicyclic) bond motifs is 1. The summed E-state index contributed by atoms with van der Waals surface area (Å²) >= 11 is 0. The number of ether oxygens (including phenoxy) is 2. The number of hydrogen-bond donors (Lipinski definition) is 5. The van der Waals surface area contributed by atoms with Crippen LogP contribution in [0.3, 0.4) is 0 Å². The summed E-state index contributed by atoms with van der Waals surface area (Å²) in [7, 11) is -4.07. The lowest BCUT2D eigenvalue weighted by Gasteiger charge is -2.26. The van der Waals surface area contributed by atoms with Crippen molar-refractivity contribution in [2.24, 2.45) is 5.92 Å². The first-order valence-corrected chi connectivity index (χ1v) is 15.3. The van der Waals surface area contributed by atoms with Crippen molar-refractivity contribution in [3.63, 3.8) is 0 Å². The van der Waals surface area contributed by atoms with Gasteiger partial charge in [0.1, 0.15) is 42.3 Å². The maximum Gasteiger partial charge on any atom is 0.366 e. The topological polar surface area (TPSA) is 206 Å². The Bertz CT molecular complexity index is 1460. The number of nitriles is 1. The van der Waals surface area contributed by atoms with Crippen molar-refractivity contribution in [3.8, 4) is 6.07 Å². The molecule has 6 N–H and O–H groups in total. The van der Waals surface area contributed by atoms with Crippen LogP contribution in [-0.4, -0.2) is 68.3 Å². The molecule has 4 rings (SSSR count). The first-order chi connectivity index (χ1) is 20.1. The highest BCUT2D eigenvalue weighted by atomic mass is 31.2. The average molecular weight is 602 g/mol. The molecule has 42 heavy (non-hydrogen) atoms. The molecule has 0 spiro atoms. The lowest BCUT2D eigenvalue weighted by molar-refractivity contribution is -0.146. The maximum absolute atomic E-state index is 14.0. The largest absolute Gasteiger partial charge is 0.464 e. The number of para-hydroxylation sites is 1. The number of aromatic nitrogens is 3. The van der Waals surface area contributed by atoms with E-state index in [9.17, 15) is 24.8 Å². The minimum Gasteiger partial charge on any atom is -0.464 e. The fourth-order valence-electron chi connectivity index (χ4n) is 4.67. The minimum atomic E-state index is -4.07. The molecule has 1 aromatic carbocycles. The molecule has 0 bridgehead atoms. The van der Waals surface area contributed by atoms with E-state index in [1.807, 2.05) is 19.9 Å². The SMILES string of the molecule is CCC(CC)COC(=O)[C@H](C)N[P@@](=O)(Nc1ccccc1)OC[C@H]1O[C@@](C#N)(c2ccc3c(N)ncnn23)[C@H](O)[C@@H]1O. The van der Waals surface area contributed by atoms with E-state index >= 15 is 0 Å².